The topological polar surface area (TPSA) is 41.4 Å². The van der Waals surface area contributed by atoms with Crippen molar-refractivity contribution < 1.29 is 4.79 Å². The van der Waals surface area contributed by atoms with Gasteiger partial charge in [0, 0.05) is 38.9 Å². The molecule has 0 unspecified atom stereocenters. The van der Waals surface area contributed by atoms with E-state index in [2.05, 4.69) is 48.1 Å². The molecule has 1 fully saturated rings. The Balaban J connectivity index is 1.61. The van der Waals surface area contributed by atoms with Gasteiger partial charge < -0.3 is 4.90 Å². The number of hydrogen-bond donors (Lipinski definition) is 0. The number of carbonyl (C=O) groups is 1. The van der Waals surface area contributed by atoms with Gasteiger partial charge in [-0.25, -0.2) is 0 Å². The molecular formula is C19H26N4O. The zero-order valence-corrected chi connectivity index (χ0v) is 14.8. The first kappa shape index (κ1) is 16.7. The van der Waals surface area contributed by atoms with Gasteiger partial charge in [0.05, 0.1) is 11.7 Å². The standard InChI is InChI=1S/C19H26N4O/c1-4-23-10-9-18(20-23)14-21-11-12-22(19(24)16(21)3)13-17-7-5-15(2)6-8-17/h5-10,16H,4,11-14H2,1-3H3/t16-/m1/s1. The van der Waals surface area contributed by atoms with E-state index in [1.807, 2.05) is 28.8 Å². The summed E-state index contributed by atoms with van der Waals surface area (Å²) in [5.74, 6) is 0.205. The molecule has 1 aromatic carbocycles. The number of carbonyl (C=O) groups excluding carboxylic acids is 1. The van der Waals surface area contributed by atoms with Crippen LogP contribution in [-0.4, -0.2) is 44.6 Å². The Morgan fingerprint density at radius 3 is 2.54 bits per heavy atom. The first-order chi connectivity index (χ1) is 11.6. The molecule has 3 rings (SSSR count). The van der Waals surface area contributed by atoms with Crippen LogP contribution in [-0.2, 0) is 24.4 Å². The van der Waals surface area contributed by atoms with Gasteiger partial charge in [0.15, 0.2) is 0 Å². The Morgan fingerprint density at radius 2 is 1.88 bits per heavy atom. The molecule has 5 heteroatoms. The minimum atomic E-state index is -0.101. The second kappa shape index (κ2) is 7.18. The van der Waals surface area contributed by atoms with Crippen LogP contribution in [0.5, 0.6) is 0 Å². The molecule has 24 heavy (non-hydrogen) atoms. The fraction of sp³-hybridized carbons (Fsp3) is 0.474. The van der Waals surface area contributed by atoms with Gasteiger partial charge in [0.1, 0.15) is 0 Å². The maximum absolute atomic E-state index is 12.7. The van der Waals surface area contributed by atoms with Gasteiger partial charge in [0.2, 0.25) is 5.91 Å². The minimum Gasteiger partial charge on any atom is -0.336 e. The molecule has 0 saturated carbocycles. The average molecular weight is 326 g/mol. The van der Waals surface area contributed by atoms with Crippen molar-refractivity contribution in [2.45, 2.75) is 46.4 Å². The van der Waals surface area contributed by atoms with Crippen molar-refractivity contribution in [2.24, 2.45) is 0 Å². The van der Waals surface area contributed by atoms with Gasteiger partial charge in [-0.1, -0.05) is 29.8 Å². The van der Waals surface area contributed by atoms with Crippen molar-refractivity contribution in [2.75, 3.05) is 13.1 Å². The van der Waals surface area contributed by atoms with Gasteiger partial charge >= 0.3 is 0 Å². The summed E-state index contributed by atoms with van der Waals surface area (Å²) in [6.45, 7) is 10.1. The molecule has 1 amide bonds. The lowest BCUT2D eigenvalue weighted by atomic mass is 10.1. The van der Waals surface area contributed by atoms with E-state index in [0.29, 0.717) is 6.54 Å². The van der Waals surface area contributed by atoms with E-state index in [0.717, 1.165) is 31.9 Å². The third-order valence-corrected chi connectivity index (χ3v) is 4.75. The van der Waals surface area contributed by atoms with Gasteiger partial charge in [-0.05, 0) is 32.4 Å². The molecule has 1 aliphatic heterocycles. The number of nitrogens with zero attached hydrogens (tertiary/aromatic N) is 4. The van der Waals surface area contributed by atoms with Crippen molar-refractivity contribution in [3.8, 4) is 0 Å². The van der Waals surface area contributed by atoms with Crippen LogP contribution in [0.4, 0.5) is 0 Å². The monoisotopic (exact) mass is 326 g/mol. The van der Waals surface area contributed by atoms with Crippen molar-refractivity contribution in [1.29, 1.82) is 0 Å². The number of hydrogen-bond acceptors (Lipinski definition) is 3. The molecule has 0 bridgehead atoms. The van der Waals surface area contributed by atoms with Crippen LogP contribution >= 0.6 is 0 Å². The smallest absolute Gasteiger partial charge is 0.239 e. The predicted molar refractivity (Wildman–Crippen MR) is 94.4 cm³/mol. The lowest BCUT2D eigenvalue weighted by molar-refractivity contribution is -0.142. The van der Waals surface area contributed by atoms with Crippen LogP contribution in [0.3, 0.4) is 0 Å². The lowest BCUT2D eigenvalue weighted by Crippen LogP contribution is -2.54. The Bertz CT molecular complexity index is 692. The zero-order valence-electron chi connectivity index (χ0n) is 14.8. The van der Waals surface area contributed by atoms with Crippen molar-refractivity contribution >= 4 is 5.91 Å². The third-order valence-electron chi connectivity index (χ3n) is 4.75. The van der Waals surface area contributed by atoms with E-state index < -0.39 is 0 Å². The fourth-order valence-corrected chi connectivity index (χ4v) is 3.13. The Morgan fingerprint density at radius 1 is 1.12 bits per heavy atom. The van der Waals surface area contributed by atoms with Crippen molar-refractivity contribution in [1.82, 2.24) is 19.6 Å². The summed E-state index contributed by atoms with van der Waals surface area (Å²) in [6.07, 6.45) is 2.00. The number of rotatable bonds is 5. The van der Waals surface area contributed by atoms with E-state index in [1.165, 1.54) is 11.1 Å². The number of aryl methyl sites for hydroxylation is 2. The SMILES string of the molecule is CCn1ccc(CN2CCN(Cc3ccc(C)cc3)C(=O)[C@H]2C)n1. The molecule has 128 valence electrons. The Labute approximate surface area is 143 Å². The number of aromatic nitrogens is 2. The predicted octanol–water partition coefficient (Wildman–Crippen LogP) is 2.44. The number of amides is 1. The molecule has 0 aliphatic carbocycles. The largest absolute Gasteiger partial charge is 0.336 e. The molecule has 2 heterocycles. The first-order valence-corrected chi connectivity index (χ1v) is 8.67. The van der Waals surface area contributed by atoms with E-state index in [1.54, 1.807) is 0 Å². The van der Waals surface area contributed by atoms with Crippen LogP contribution in [0.15, 0.2) is 36.5 Å². The Hall–Kier alpha value is -2.14. The van der Waals surface area contributed by atoms with Crippen LogP contribution in [0.1, 0.15) is 30.7 Å². The van der Waals surface area contributed by atoms with Gasteiger partial charge in [-0.2, -0.15) is 5.10 Å². The second-order valence-electron chi connectivity index (χ2n) is 6.55. The first-order valence-electron chi connectivity index (χ1n) is 8.67. The minimum absolute atomic E-state index is 0.101. The molecule has 1 atom stereocenters. The quantitative estimate of drug-likeness (QED) is 0.847. The van der Waals surface area contributed by atoms with Crippen LogP contribution < -0.4 is 0 Å². The highest BCUT2D eigenvalue weighted by Crippen LogP contribution is 2.17. The summed E-state index contributed by atoms with van der Waals surface area (Å²) < 4.78 is 1.93. The molecule has 2 aromatic rings. The normalized spacial score (nSPS) is 19.0. The van der Waals surface area contributed by atoms with Crippen molar-refractivity contribution in [3.63, 3.8) is 0 Å². The summed E-state index contributed by atoms with van der Waals surface area (Å²) in [4.78, 5) is 16.9. The van der Waals surface area contributed by atoms with E-state index in [9.17, 15) is 4.79 Å². The van der Waals surface area contributed by atoms with Gasteiger partial charge in [-0.3, -0.25) is 14.4 Å². The number of benzene rings is 1. The maximum atomic E-state index is 12.7. The van der Waals surface area contributed by atoms with Crippen LogP contribution in [0.25, 0.3) is 0 Å². The summed E-state index contributed by atoms with van der Waals surface area (Å²) in [5.41, 5.74) is 3.47. The van der Waals surface area contributed by atoms with E-state index >= 15 is 0 Å². The maximum Gasteiger partial charge on any atom is 0.239 e. The van der Waals surface area contributed by atoms with E-state index in [-0.39, 0.29) is 11.9 Å². The van der Waals surface area contributed by atoms with Crippen molar-refractivity contribution in [3.05, 3.63) is 53.3 Å². The highest BCUT2D eigenvalue weighted by molar-refractivity contribution is 5.82. The molecule has 0 N–H and O–H groups in total. The average Bonchev–Trinajstić information content (AvgIpc) is 3.04. The molecule has 5 nitrogen and oxygen atoms in total. The summed E-state index contributed by atoms with van der Waals surface area (Å²) in [5, 5.41) is 4.53. The van der Waals surface area contributed by atoms with Gasteiger partial charge in [-0.15, -0.1) is 0 Å². The molecule has 0 radical (unpaired) electrons. The third kappa shape index (κ3) is 3.67. The van der Waals surface area contributed by atoms with Crippen LogP contribution in [0.2, 0.25) is 0 Å². The second-order valence-corrected chi connectivity index (χ2v) is 6.55. The van der Waals surface area contributed by atoms with Gasteiger partial charge in [0.25, 0.3) is 0 Å². The molecular weight excluding hydrogens is 300 g/mol. The summed E-state index contributed by atoms with van der Waals surface area (Å²) >= 11 is 0. The Kier molecular flexibility index (Phi) is 5.00. The fourth-order valence-electron chi connectivity index (χ4n) is 3.13. The molecule has 1 aliphatic rings. The van der Waals surface area contributed by atoms with Crippen LogP contribution in [0, 0.1) is 6.92 Å². The zero-order chi connectivity index (χ0) is 17.1. The number of piperazine rings is 1. The highest BCUT2D eigenvalue weighted by atomic mass is 16.2. The highest BCUT2D eigenvalue weighted by Gasteiger charge is 2.31. The molecule has 1 saturated heterocycles. The molecule has 1 aromatic heterocycles. The molecule has 0 spiro atoms. The summed E-state index contributed by atoms with van der Waals surface area (Å²) in [7, 11) is 0. The lowest BCUT2D eigenvalue weighted by Gasteiger charge is -2.38. The summed E-state index contributed by atoms with van der Waals surface area (Å²) in [6, 6.07) is 10.4. The van der Waals surface area contributed by atoms with E-state index in [4.69, 9.17) is 0 Å².